The zero-order valence-corrected chi connectivity index (χ0v) is 40.0. The number of ether oxygens (including phenoxy) is 1. The molecule has 0 aromatic carbocycles. The highest BCUT2D eigenvalue weighted by Gasteiger charge is 2.24. The Bertz CT molecular complexity index is 1140. The molecule has 0 aromatic heterocycles. The average molecular weight is 852 g/mol. The van der Waals surface area contributed by atoms with Crippen LogP contribution >= 0.6 is 0 Å². The summed E-state index contributed by atoms with van der Waals surface area (Å²) in [5, 5.41) is 23.8. The average Bonchev–Trinajstić information content (AvgIpc) is 3.25. The molecule has 0 aromatic rings. The third kappa shape index (κ3) is 43.7. The van der Waals surface area contributed by atoms with E-state index < -0.39 is 18.2 Å². The molecule has 3 N–H and O–H groups in total. The highest BCUT2D eigenvalue weighted by Crippen LogP contribution is 2.17. The van der Waals surface area contributed by atoms with E-state index in [0.717, 1.165) is 77.0 Å². The van der Waals surface area contributed by atoms with Crippen molar-refractivity contribution in [1.82, 2.24) is 5.32 Å². The van der Waals surface area contributed by atoms with Crippen LogP contribution in [0.2, 0.25) is 0 Å². The molecule has 0 aliphatic rings. The van der Waals surface area contributed by atoms with Crippen LogP contribution in [0.15, 0.2) is 72.9 Å². The number of hydrogen-bond donors (Lipinski definition) is 3. The van der Waals surface area contributed by atoms with Crippen molar-refractivity contribution in [2.75, 3.05) is 6.61 Å². The zero-order valence-electron chi connectivity index (χ0n) is 40.0. The van der Waals surface area contributed by atoms with Crippen molar-refractivity contribution < 1.29 is 24.5 Å². The Labute approximate surface area is 377 Å². The van der Waals surface area contributed by atoms with Gasteiger partial charge in [0, 0.05) is 6.42 Å². The first-order valence-electron chi connectivity index (χ1n) is 25.7. The van der Waals surface area contributed by atoms with Gasteiger partial charge in [0.15, 0.2) is 0 Å². The Kier molecular flexibility index (Phi) is 46.2. The van der Waals surface area contributed by atoms with Crippen molar-refractivity contribution in [2.45, 2.75) is 257 Å². The second-order valence-corrected chi connectivity index (χ2v) is 17.3. The van der Waals surface area contributed by atoms with E-state index in [9.17, 15) is 19.8 Å². The minimum atomic E-state index is -0.803. The molecule has 0 rings (SSSR count). The molecule has 61 heavy (non-hydrogen) atoms. The number of unbranched alkanes of at least 4 members (excludes halogenated alkanes) is 25. The second-order valence-electron chi connectivity index (χ2n) is 17.3. The number of carbonyl (C=O) groups is 2. The van der Waals surface area contributed by atoms with E-state index in [0.29, 0.717) is 19.3 Å². The maximum Gasteiger partial charge on any atom is 0.306 e. The van der Waals surface area contributed by atoms with Gasteiger partial charge < -0.3 is 20.3 Å². The fourth-order valence-corrected chi connectivity index (χ4v) is 7.49. The predicted octanol–water partition coefficient (Wildman–Crippen LogP) is 15.4. The maximum atomic E-state index is 13.2. The molecule has 0 saturated carbocycles. The first-order chi connectivity index (χ1) is 30.0. The van der Waals surface area contributed by atoms with Crippen molar-refractivity contribution >= 4 is 11.9 Å². The quantitative estimate of drug-likeness (QED) is 0.0322. The van der Waals surface area contributed by atoms with Crippen LogP contribution < -0.4 is 5.32 Å². The molecule has 0 heterocycles. The van der Waals surface area contributed by atoms with Crippen LogP contribution in [0.5, 0.6) is 0 Å². The monoisotopic (exact) mass is 852 g/mol. The van der Waals surface area contributed by atoms with Gasteiger partial charge in [0.05, 0.1) is 25.2 Å². The van der Waals surface area contributed by atoms with Crippen LogP contribution in [0.1, 0.15) is 239 Å². The minimum absolute atomic E-state index is 0.0442. The minimum Gasteiger partial charge on any atom is -0.462 e. The molecule has 0 fully saturated rings. The fraction of sp³-hybridized carbons (Fsp3) is 0.745. The summed E-state index contributed by atoms with van der Waals surface area (Å²) in [6.07, 6.45) is 61.0. The van der Waals surface area contributed by atoms with Gasteiger partial charge in [-0.2, -0.15) is 0 Å². The molecule has 352 valence electrons. The highest BCUT2D eigenvalue weighted by atomic mass is 16.5. The van der Waals surface area contributed by atoms with Gasteiger partial charge >= 0.3 is 5.97 Å². The highest BCUT2D eigenvalue weighted by molar-refractivity contribution is 5.77. The number of amides is 1. The van der Waals surface area contributed by atoms with Crippen molar-refractivity contribution in [3.05, 3.63) is 72.9 Å². The van der Waals surface area contributed by atoms with Crippen LogP contribution in [0, 0.1) is 0 Å². The summed E-state index contributed by atoms with van der Waals surface area (Å²) >= 11 is 0. The van der Waals surface area contributed by atoms with Crippen LogP contribution in [-0.4, -0.2) is 46.9 Å². The summed E-state index contributed by atoms with van der Waals surface area (Å²) in [7, 11) is 0. The SMILES string of the molecule is CC/C=C/C=C/C=C/C=C\CCCCCC(CC(=O)NC(CO)C(O)CCCCCCCCCCCCCCCC)OC(=O)CCCCCCCC/C=C/C=C/CCCCC. The summed E-state index contributed by atoms with van der Waals surface area (Å²) in [6, 6.07) is -0.719. The molecular weight excluding hydrogens is 755 g/mol. The molecule has 6 heteroatoms. The molecule has 0 aliphatic heterocycles. The van der Waals surface area contributed by atoms with Gasteiger partial charge in [-0.3, -0.25) is 9.59 Å². The Morgan fingerprint density at radius 2 is 0.885 bits per heavy atom. The molecule has 3 atom stereocenters. The van der Waals surface area contributed by atoms with Crippen molar-refractivity contribution in [1.29, 1.82) is 0 Å². The van der Waals surface area contributed by atoms with Crippen molar-refractivity contribution in [3.8, 4) is 0 Å². The molecule has 0 radical (unpaired) electrons. The van der Waals surface area contributed by atoms with Gasteiger partial charge in [0.25, 0.3) is 0 Å². The Morgan fingerprint density at radius 1 is 0.492 bits per heavy atom. The molecule has 1 amide bonds. The first kappa shape index (κ1) is 58.3. The standard InChI is InChI=1S/C55H97NO5/c1-4-7-10-13-16-19-22-25-27-30-33-36-39-42-45-48-55(60)61-51(46-43-40-37-34-31-28-24-21-18-15-12-9-6-3)49-54(59)56-52(50-57)53(58)47-44-41-38-35-32-29-26-23-20-17-14-11-8-5-2/h9,12,15-16,18-19,21-22,24-25,28,31,51-53,57-58H,4-8,10-11,13-14,17,20,23,26-27,29-30,32-50H2,1-3H3,(H,56,59)/b12-9+,18-15+,19-16+,24-21+,25-22+,31-28-. The molecule has 0 spiro atoms. The summed E-state index contributed by atoms with van der Waals surface area (Å²) in [5.41, 5.74) is 0. The number of aliphatic hydroxyl groups is 2. The molecule has 6 nitrogen and oxygen atoms in total. The van der Waals surface area contributed by atoms with Gasteiger partial charge in [-0.1, -0.05) is 229 Å². The number of esters is 1. The van der Waals surface area contributed by atoms with Gasteiger partial charge in [-0.05, 0) is 70.6 Å². The van der Waals surface area contributed by atoms with E-state index in [2.05, 4.69) is 74.7 Å². The van der Waals surface area contributed by atoms with Gasteiger partial charge in [0.2, 0.25) is 5.91 Å². The Hall–Kier alpha value is -2.70. The molecule has 0 aliphatic carbocycles. The molecule has 3 unspecified atom stereocenters. The van der Waals surface area contributed by atoms with E-state index in [4.69, 9.17) is 4.74 Å². The third-order valence-corrected chi connectivity index (χ3v) is 11.4. The van der Waals surface area contributed by atoms with E-state index >= 15 is 0 Å². The molecule has 0 saturated heterocycles. The summed E-state index contributed by atoms with van der Waals surface area (Å²) in [4.78, 5) is 26.1. The van der Waals surface area contributed by atoms with Crippen LogP contribution in [-0.2, 0) is 14.3 Å². The molecule has 0 bridgehead atoms. The zero-order chi connectivity index (χ0) is 44.5. The fourth-order valence-electron chi connectivity index (χ4n) is 7.49. The lowest BCUT2D eigenvalue weighted by Gasteiger charge is -2.24. The second kappa shape index (κ2) is 48.3. The normalized spacial score (nSPS) is 13.9. The smallest absolute Gasteiger partial charge is 0.306 e. The largest absolute Gasteiger partial charge is 0.462 e. The van der Waals surface area contributed by atoms with Gasteiger partial charge in [-0.25, -0.2) is 0 Å². The number of hydrogen-bond acceptors (Lipinski definition) is 5. The van der Waals surface area contributed by atoms with Crippen molar-refractivity contribution in [3.63, 3.8) is 0 Å². The summed E-state index contributed by atoms with van der Waals surface area (Å²) < 4.78 is 5.91. The predicted molar refractivity (Wildman–Crippen MR) is 264 cm³/mol. The Balaban J connectivity index is 4.64. The summed E-state index contributed by atoms with van der Waals surface area (Å²) in [5.74, 6) is -0.528. The van der Waals surface area contributed by atoms with Crippen LogP contribution in [0.3, 0.4) is 0 Å². The number of aliphatic hydroxyl groups excluding tert-OH is 2. The lowest BCUT2D eigenvalue weighted by Crippen LogP contribution is -2.46. The lowest BCUT2D eigenvalue weighted by molar-refractivity contribution is -0.151. The first-order valence-corrected chi connectivity index (χ1v) is 25.7. The van der Waals surface area contributed by atoms with E-state index in [-0.39, 0.29) is 24.9 Å². The number of carbonyl (C=O) groups excluding carboxylic acids is 2. The summed E-state index contributed by atoms with van der Waals surface area (Å²) in [6.45, 7) is 6.30. The maximum absolute atomic E-state index is 13.2. The number of nitrogens with one attached hydrogen (secondary N) is 1. The number of allylic oxidation sites excluding steroid dienone is 12. The van der Waals surface area contributed by atoms with Gasteiger partial charge in [0.1, 0.15) is 6.10 Å². The van der Waals surface area contributed by atoms with Crippen molar-refractivity contribution in [2.24, 2.45) is 0 Å². The number of rotatable bonds is 45. The van der Waals surface area contributed by atoms with E-state index in [1.807, 2.05) is 24.3 Å². The topological polar surface area (TPSA) is 95.9 Å². The van der Waals surface area contributed by atoms with E-state index in [1.54, 1.807) is 0 Å². The van der Waals surface area contributed by atoms with Crippen LogP contribution in [0.25, 0.3) is 0 Å². The van der Waals surface area contributed by atoms with E-state index in [1.165, 1.54) is 116 Å². The van der Waals surface area contributed by atoms with Crippen LogP contribution in [0.4, 0.5) is 0 Å². The Morgan fingerprint density at radius 3 is 1.41 bits per heavy atom. The lowest BCUT2D eigenvalue weighted by atomic mass is 10.0. The third-order valence-electron chi connectivity index (χ3n) is 11.4. The van der Waals surface area contributed by atoms with Gasteiger partial charge in [-0.15, -0.1) is 0 Å². The molecular formula is C55H97NO5.